The van der Waals surface area contributed by atoms with E-state index >= 15 is 0 Å². The Morgan fingerprint density at radius 1 is 1.14 bits per heavy atom. The molecule has 0 aliphatic heterocycles. The lowest BCUT2D eigenvalue weighted by Gasteiger charge is -2.18. The second-order valence-electron chi connectivity index (χ2n) is 6.29. The minimum Gasteiger partial charge on any atom is -0.494 e. The van der Waals surface area contributed by atoms with Gasteiger partial charge < -0.3 is 20.7 Å². The number of ether oxygens (including phenoxy) is 1. The van der Waals surface area contributed by atoms with Crippen LogP contribution in [0.15, 0.2) is 54.6 Å². The number of nitrogen functional groups attached to an aromatic ring is 1. The molecule has 3 rings (SSSR count). The van der Waals surface area contributed by atoms with Gasteiger partial charge in [0.25, 0.3) is 0 Å². The number of anilines is 4. The lowest BCUT2D eigenvalue weighted by molar-refractivity contribution is -0.383. The van der Waals surface area contributed by atoms with E-state index in [1.54, 1.807) is 36.2 Å². The standard InChI is InChI=1S/C20H22N6O3/c1-3-29-16-11-9-15(10-12-16)22-19-17(26(27)28)18(21)23-20(24-19)25(2)13-14-7-5-4-6-8-14/h4-12H,3,13H2,1-2H3,(H3,21,22,23,24). The van der Waals surface area contributed by atoms with E-state index in [0.29, 0.717) is 24.6 Å². The summed E-state index contributed by atoms with van der Waals surface area (Å²) in [5.41, 5.74) is 7.20. The molecule has 3 N–H and O–H groups in total. The summed E-state index contributed by atoms with van der Waals surface area (Å²) < 4.78 is 5.41. The Hall–Kier alpha value is -3.88. The van der Waals surface area contributed by atoms with Crippen molar-refractivity contribution in [2.24, 2.45) is 0 Å². The van der Waals surface area contributed by atoms with Gasteiger partial charge in [-0.3, -0.25) is 10.1 Å². The first kappa shape index (κ1) is 19.9. The summed E-state index contributed by atoms with van der Waals surface area (Å²) in [4.78, 5) is 21.2. The molecule has 0 saturated heterocycles. The Balaban J connectivity index is 1.90. The predicted octanol–water partition coefficient (Wildman–Crippen LogP) is 3.75. The van der Waals surface area contributed by atoms with Crippen molar-refractivity contribution in [1.82, 2.24) is 9.97 Å². The van der Waals surface area contributed by atoms with Gasteiger partial charge in [-0.1, -0.05) is 30.3 Å². The lowest BCUT2D eigenvalue weighted by atomic mass is 10.2. The van der Waals surface area contributed by atoms with Gasteiger partial charge in [0.2, 0.25) is 17.6 Å². The van der Waals surface area contributed by atoms with Gasteiger partial charge in [-0.05, 0) is 36.8 Å². The third-order valence-corrected chi connectivity index (χ3v) is 4.11. The van der Waals surface area contributed by atoms with Crippen molar-refractivity contribution in [3.63, 3.8) is 0 Å². The van der Waals surface area contributed by atoms with Crippen LogP contribution < -0.4 is 20.7 Å². The van der Waals surface area contributed by atoms with E-state index in [4.69, 9.17) is 10.5 Å². The fourth-order valence-corrected chi connectivity index (χ4v) is 2.76. The van der Waals surface area contributed by atoms with E-state index in [1.807, 2.05) is 37.3 Å². The highest BCUT2D eigenvalue weighted by Gasteiger charge is 2.24. The molecule has 150 valence electrons. The van der Waals surface area contributed by atoms with E-state index in [9.17, 15) is 10.1 Å². The summed E-state index contributed by atoms with van der Waals surface area (Å²) in [7, 11) is 1.80. The molecular formula is C20H22N6O3. The smallest absolute Gasteiger partial charge is 0.353 e. The fraction of sp³-hybridized carbons (Fsp3) is 0.200. The first-order chi connectivity index (χ1) is 14.0. The highest BCUT2D eigenvalue weighted by molar-refractivity contribution is 5.74. The molecule has 29 heavy (non-hydrogen) atoms. The zero-order valence-corrected chi connectivity index (χ0v) is 16.2. The first-order valence-electron chi connectivity index (χ1n) is 9.04. The minimum atomic E-state index is -0.590. The van der Waals surface area contributed by atoms with Crippen molar-refractivity contribution < 1.29 is 9.66 Å². The summed E-state index contributed by atoms with van der Waals surface area (Å²) in [5, 5.41) is 14.5. The molecule has 0 fully saturated rings. The topological polar surface area (TPSA) is 119 Å². The van der Waals surface area contributed by atoms with E-state index in [0.717, 1.165) is 5.56 Å². The van der Waals surface area contributed by atoms with Gasteiger partial charge in [0.1, 0.15) is 5.75 Å². The maximum absolute atomic E-state index is 11.5. The number of nitrogens with zero attached hydrogens (tertiary/aromatic N) is 4. The van der Waals surface area contributed by atoms with Gasteiger partial charge in [-0.25, -0.2) is 0 Å². The molecule has 3 aromatic rings. The highest BCUT2D eigenvalue weighted by Crippen LogP contribution is 2.32. The van der Waals surface area contributed by atoms with Crippen LogP contribution in [0.25, 0.3) is 0 Å². The monoisotopic (exact) mass is 394 g/mol. The summed E-state index contributed by atoms with van der Waals surface area (Å²) >= 11 is 0. The van der Waals surface area contributed by atoms with Crippen LogP contribution in [0.4, 0.5) is 29.0 Å². The fourth-order valence-electron chi connectivity index (χ4n) is 2.76. The summed E-state index contributed by atoms with van der Waals surface area (Å²) in [5.74, 6) is 0.818. The number of nitrogens with two attached hydrogens (primary N) is 1. The Morgan fingerprint density at radius 3 is 2.45 bits per heavy atom. The van der Waals surface area contributed by atoms with Crippen LogP contribution >= 0.6 is 0 Å². The third kappa shape index (κ3) is 4.89. The molecule has 0 aliphatic carbocycles. The average molecular weight is 394 g/mol. The van der Waals surface area contributed by atoms with E-state index in [2.05, 4.69) is 15.3 Å². The summed E-state index contributed by atoms with van der Waals surface area (Å²) in [6, 6.07) is 16.8. The second-order valence-corrected chi connectivity index (χ2v) is 6.29. The third-order valence-electron chi connectivity index (χ3n) is 4.11. The second kappa shape index (κ2) is 8.87. The van der Waals surface area contributed by atoms with Crippen molar-refractivity contribution in [3.05, 3.63) is 70.3 Å². The van der Waals surface area contributed by atoms with E-state index < -0.39 is 4.92 Å². The zero-order chi connectivity index (χ0) is 20.8. The zero-order valence-electron chi connectivity index (χ0n) is 16.2. The highest BCUT2D eigenvalue weighted by atomic mass is 16.6. The maximum Gasteiger partial charge on any atom is 0.353 e. The SMILES string of the molecule is CCOc1ccc(Nc2nc(N(C)Cc3ccccc3)nc(N)c2[N+](=O)[O-])cc1. The van der Waals surface area contributed by atoms with Crippen molar-refractivity contribution >= 4 is 29.0 Å². The van der Waals surface area contributed by atoms with Gasteiger partial charge in [-0.15, -0.1) is 0 Å². The Kier molecular flexibility index (Phi) is 6.08. The van der Waals surface area contributed by atoms with Crippen LogP contribution in [0.1, 0.15) is 12.5 Å². The number of hydrogen-bond donors (Lipinski definition) is 2. The molecule has 1 heterocycles. The van der Waals surface area contributed by atoms with Gasteiger partial charge in [0.05, 0.1) is 11.5 Å². The molecule has 0 spiro atoms. The Bertz CT molecular complexity index is 980. The molecule has 0 aliphatic rings. The van der Waals surface area contributed by atoms with Crippen LogP contribution in [0.2, 0.25) is 0 Å². The molecule has 0 bridgehead atoms. The molecule has 0 amide bonds. The number of hydrogen-bond acceptors (Lipinski definition) is 8. The molecule has 9 heteroatoms. The molecule has 0 saturated carbocycles. The molecule has 0 radical (unpaired) electrons. The lowest BCUT2D eigenvalue weighted by Crippen LogP contribution is -2.20. The largest absolute Gasteiger partial charge is 0.494 e. The quantitative estimate of drug-likeness (QED) is 0.438. The number of nitrogens with one attached hydrogen (secondary N) is 1. The van der Waals surface area contributed by atoms with Gasteiger partial charge in [-0.2, -0.15) is 9.97 Å². The van der Waals surface area contributed by atoms with Crippen LogP contribution in [0, 0.1) is 10.1 Å². The molecule has 1 aromatic heterocycles. The van der Waals surface area contributed by atoms with Gasteiger partial charge in [0.15, 0.2) is 0 Å². The van der Waals surface area contributed by atoms with Crippen LogP contribution in [0.3, 0.4) is 0 Å². The van der Waals surface area contributed by atoms with Gasteiger partial charge in [0, 0.05) is 19.3 Å². The molecule has 0 atom stereocenters. The van der Waals surface area contributed by atoms with Crippen molar-refractivity contribution in [2.45, 2.75) is 13.5 Å². The van der Waals surface area contributed by atoms with Gasteiger partial charge >= 0.3 is 5.69 Å². The number of benzene rings is 2. The van der Waals surface area contributed by atoms with Crippen LogP contribution in [-0.4, -0.2) is 28.5 Å². The Morgan fingerprint density at radius 2 is 1.83 bits per heavy atom. The molecule has 2 aromatic carbocycles. The minimum absolute atomic E-state index is 0.0292. The normalized spacial score (nSPS) is 10.4. The van der Waals surface area contributed by atoms with Crippen LogP contribution in [-0.2, 0) is 6.54 Å². The van der Waals surface area contributed by atoms with Crippen molar-refractivity contribution in [3.8, 4) is 5.75 Å². The number of rotatable bonds is 8. The number of nitro groups is 1. The average Bonchev–Trinajstić information content (AvgIpc) is 2.70. The summed E-state index contributed by atoms with van der Waals surface area (Å²) in [6.45, 7) is 2.98. The molecular weight excluding hydrogens is 372 g/mol. The predicted molar refractivity (Wildman–Crippen MR) is 113 cm³/mol. The van der Waals surface area contributed by atoms with E-state index in [1.165, 1.54) is 0 Å². The first-order valence-corrected chi connectivity index (χ1v) is 9.04. The van der Waals surface area contributed by atoms with Crippen LogP contribution in [0.5, 0.6) is 5.75 Å². The number of aromatic nitrogens is 2. The van der Waals surface area contributed by atoms with Crippen molar-refractivity contribution in [1.29, 1.82) is 0 Å². The Labute approximate surface area is 168 Å². The molecule has 0 unspecified atom stereocenters. The maximum atomic E-state index is 11.5. The van der Waals surface area contributed by atoms with Crippen molar-refractivity contribution in [2.75, 3.05) is 29.6 Å². The summed E-state index contributed by atoms with van der Waals surface area (Å²) in [6.07, 6.45) is 0. The van der Waals surface area contributed by atoms with E-state index in [-0.39, 0.29) is 23.3 Å². The molecule has 9 nitrogen and oxygen atoms in total.